The van der Waals surface area contributed by atoms with Crippen LogP contribution in [0.5, 0.6) is 0 Å². The van der Waals surface area contributed by atoms with E-state index in [1.807, 2.05) is 32.0 Å². The van der Waals surface area contributed by atoms with E-state index in [9.17, 15) is 9.59 Å². The molecule has 1 aliphatic heterocycles. The molecule has 9 heteroatoms. The van der Waals surface area contributed by atoms with Crippen molar-refractivity contribution in [3.05, 3.63) is 63.4 Å². The summed E-state index contributed by atoms with van der Waals surface area (Å²) in [6, 6.07) is 10.0. The Morgan fingerprint density at radius 3 is 2.76 bits per heavy atom. The van der Waals surface area contributed by atoms with E-state index in [4.69, 9.17) is 23.2 Å². The molecule has 2 heterocycles. The molecule has 1 unspecified atom stereocenters. The standard InChI is InChI=1S/C24H27Cl2N5O2/c1-14(22-28-20-9-7-16(25)12-21(20)29-22)27-23(32)15-6-8-18(19(26)11-15)24(33)31-10-4-5-17(31)13-30(2)3/h6-9,11-12,14,17H,4-5,10,13H2,1-3H3,(H,27,32)(H,28,29)/t14-,17?/m0/s1. The Bertz CT molecular complexity index is 1190. The fourth-order valence-corrected chi connectivity index (χ4v) is 4.69. The molecule has 1 saturated heterocycles. The van der Waals surface area contributed by atoms with E-state index in [0.717, 1.165) is 37.0 Å². The summed E-state index contributed by atoms with van der Waals surface area (Å²) < 4.78 is 0. The number of H-pyrrole nitrogens is 1. The van der Waals surface area contributed by atoms with Gasteiger partial charge in [-0.1, -0.05) is 23.2 Å². The summed E-state index contributed by atoms with van der Waals surface area (Å²) >= 11 is 12.5. The number of aromatic nitrogens is 2. The second kappa shape index (κ2) is 9.71. The summed E-state index contributed by atoms with van der Waals surface area (Å²) in [5.41, 5.74) is 2.38. The van der Waals surface area contributed by atoms with Crippen LogP contribution in [0, 0.1) is 0 Å². The summed E-state index contributed by atoms with van der Waals surface area (Å²) in [4.78, 5) is 37.6. The quantitative estimate of drug-likeness (QED) is 0.535. The van der Waals surface area contributed by atoms with Crippen molar-refractivity contribution in [3.63, 3.8) is 0 Å². The van der Waals surface area contributed by atoms with Gasteiger partial charge in [0.25, 0.3) is 11.8 Å². The third-order valence-electron chi connectivity index (χ3n) is 5.90. The Hall–Kier alpha value is -2.61. The highest BCUT2D eigenvalue weighted by molar-refractivity contribution is 6.34. The lowest BCUT2D eigenvalue weighted by Crippen LogP contribution is -2.41. The minimum absolute atomic E-state index is 0.0920. The van der Waals surface area contributed by atoms with Crippen LogP contribution >= 0.6 is 23.2 Å². The molecular formula is C24H27Cl2N5O2. The van der Waals surface area contributed by atoms with Gasteiger partial charge < -0.3 is 20.1 Å². The molecule has 0 spiro atoms. The van der Waals surface area contributed by atoms with Gasteiger partial charge in [-0.15, -0.1) is 0 Å². The number of likely N-dealkylation sites (N-methyl/N-ethyl adjacent to an activating group) is 1. The number of benzene rings is 2. The van der Waals surface area contributed by atoms with Crippen LogP contribution < -0.4 is 5.32 Å². The number of fused-ring (bicyclic) bond motifs is 1. The summed E-state index contributed by atoms with van der Waals surface area (Å²) in [7, 11) is 4.01. The van der Waals surface area contributed by atoms with Crippen LogP contribution in [0.4, 0.5) is 0 Å². The molecule has 3 aromatic rings. The van der Waals surface area contributed by atoms with Crippen LogP contribution in [0.3, 0.4) is 0 Å². The van der Waals surface area contributed by atoms with Gasteiger partial charge in [0.1, 0.15) is 5.82 Å². The van der Waals surface area contributed by atoms with Gasteiger partial charge in [-0.3, -0.25) is 9.59 Å². The molecule has 1 fully saturated rings. The maximum atomic E-state index is 13.1. The van der Waals surface area contributed by atoms with E-state index in [2.05, 4.69) is 20.2 Å². The molecule has 0 saturated carbocycles. The first-order valence-electron chi connectivity index (χ1n) is 10.9. The highest BCUT2D eigenvalue weighted by Crippen LogP contribution is 2.26. The molecule has 0 radical (unpaired) electrons. The van der Waals surface area contributed by atoms with Gasteiger partial charge in [-0.05, 0) is 70.3 Å². The van der Waals surface area contributed by atoms with E-state index in [1.54, 1.807) is 30.3 Å². The van der Waals surface area contributed by atoms with Crippen LogP contribution in [0.1, 0.15) is 52.3 Å². The van der Waals surface area contributed by atoms with E-state index < -0.39 is 0 Å². The lowest BCUT2D eigenvalue weighted by atomic mass is 10.1. The Morgan fingerprint density at radius 1 is 1.24 bits per heavy atom. The molecule has 4 rings (SSSR count). The number of hydrogen-bond acceptors (Lipinski definition) is 4. The van der Waals surface area contributed by atoms with E-state index in [0.29, 0.717) is 22.0 Å². The van der Waals surface area contributed by atoms with Crippen molar-refractivity contribution in [1.82, 2.24) is 25.1 Å². The van der Waals surface area contributed by atoms with Gasteiger partial charge in [-0.2, -0.15) is 0 Å². The largest absolute Gasteiger partial charge is 0.342 e. The Kier molecular flexibility index (Phi) is 6.93. The molecule has 0 bridgehead atoms. The van der Waals surface area contributed by atoms with Crippen LogP contribution in [0.25, 0.3) is 11.0 Å². The summed E-state index contributed by atoms with van der Waals surface area (Å²) in [6.45, 7) is 3.38. The summed E-state index contributed by atoms with van der Waals surface area (Å²) in [6.07, 6.45) is 1.96. The molecular weight excluding hydrogens is 461 g/mol. The van der Waals surface area contributed by atoms with Gasteiger partial charge in [0.05, 0.1) is 27.7 Å². The molecule has 2 aromatic carbocycles. The van der Waals surface area contributed by atoms with Crippen molar-refractivity contribution < 1.29 is 9.59 Å². The third kappa shape index (κ3) is 5.16. The SMILES string of the molecule is C[C@H](NC(=O)c1ccc(C(=O)N2CCCC2CN(C)C)c(Cl)c1)c1nc2ccc(Cl)cc2[nH]1. The fraction of sp³-hybridized carbons (Fsp3) is 0.375. The third-order valence-corrected chi connectivity index (χ3v) is 6.44. The number of carbonyl (C=O) groups is 2. The molecule has 0 aliphatic carbocycles. The zero-order chi connectivity index (χ0) is 23.7. The van der Waals surface area contributed by atoms with Gasteiger partial charge in [0.2, 0.25) is 0 Å². The predicted molar refractivity (Wildman–Crippen MR) is 131 cm³/mol. The summed E-state index contributed by atoms with van der Waals surface area (Å²) in [5, 5.41) is 3.81. The first kappa shape index (κ1) is 23.5. The average molecular weight is 488 g/mol. The van der Waals surface area contributed by atoms with Crippen LogP contribution in [0.15, 0.2) is 36.4 Å². The van der Waals surface area contributed by atoms with Crippen LogP contribution in [-0.2, 0) is 0 Å². The molecule has 1 aliphatic rings. The highest BCUT2D eigenvalue weighted by Gasteiger charge is 2.31. The monoisotopic (exact) mass is 487 g/mol. The smallest absolute Gasteiger partial charge is 0.255 e. The number of likely N-dealkylation sites (tertiary alicyclic amines) is 1. The van der Waals surface area contributed by atoms with E-state index in [1.165, 1.54) is 0 Å². The number of imidazole rings is 1. The molecule has 2 N–H and O–H groups in total. The zero-order valence-corrected chi connectivity index (χ0v) is 20.4. The minimum Gasteiger partial charge on any atom is -0.342 e. The van der Waals surface area contributed by atoms with E-state index >= 15 is 0 Å². The van der Waals surface area contributed by atoms with Gasteiger partial charge >= 0.3 is 0 Å². The lowest BCUT2D eigenvalue weighted by molar-refractivity contribution is 0.0716. The van der Waals surface area contributed by atoms with Gasteiger partial charge in [-0.25, -0.2) is 4.98 Å². The second-order valence-corrected chi connectivity index (χ2v) is 9.57. The Labute approximate surface area is 203 Å². The van der Waals surface area contributed by atoms with Gasteiger partial charge in [0.15, 0.2) is 0 Å². The van der Waals surface area contributed by atoms with Crippen molar-refractivity contribution in [1.29, 1.82) is 0 Å². The normalized spacial score (nSPS) is 17.0. The molecule has 2 atom stereocenters. The van der Waals surface area contributed by atoms with Crippen molar-refractivity contribution in [2.24, 2.45) is 0 Å². The highest BCUT2D eigenvalue weighted by atomic mass is 35.5. The van der Waals surface area contributed by atoms with Gasteiger partial charge in [0, 0.05) is 29.7 Å². The molecule has 174 valence electrons. The topological polar surface area (TPSA) is 81.3 Å². The zero-order valence-electron chi connectivity index (χ0n) is 18.9. The van der Waals surface area contributed by atoms with Crippen LogP contribution in [-0.4, -0.2) is 64.8 Å². The Morgan fingerprint density at radius 2 is 2.03 bits per heavy atom. The first-order chi connectivity index (χ1) is 15.7. The lowest BCUT2D eigenvalue weighted by Gasteiger charge is -2.27. The maximum absolute atomic E-state index is 13.1. The number of nitrogens with one attached hydrogen (secondary N) is 2. The molecule has 7 nitrogen and oxygen atoms in total. The average Bonchev–Trinajstić information content (AvgIpc) is 3.39. The summed E-state index contributed by atoms with van der Waals surface area (Å²) in [5.74, 6) is 0.235. The maximum Gasteiger partial charge on any atom is 0.255 e. The number of aromatic amines is 1. The number of nitrogens with zero attached hydrogens (tertiary/aromatic N) is 3. The minimum atomic E-state index is -0.361. The number of amides is 2. The molecule has 1 aromatic heterocycles. The van der Waals surface area contributed by atoms with Crippen molar-refractivity contribution in [3.8, 4) is 0 Å². The predicted octanol–water partition coefficient (Wildman–Crippen LogP) is 4.53. The second-order valence-electron chi connectivity index (χ2n) is 8.73. The van der Waals surface area contributed by atoms with Crippen molar-refractivity contribution in [2.45, 2.75) is 31.8 Å². The number of halogens is 2. The number of rotatable bonds is 6. The number of carbonyl (C=O) groups excluding carboxylic acids is 2. The van der Waals surface area contributed by atoms with Crippen LogP contribution in [0.2, 0.25) is 10.0 Å². The van der Waals surface area contributed by atoms with E-state index in [-0.39, 0.29) is 28.9 Å². The molecule has 2 amide bonds. The fourth-order valence-electron chi connectivity index (χ4n) is 4.25. The molecule has 33 heavy (non-hydrogen) atoms. The number of hydrogen-bond donors (Lipinski definition) is 2. The van der Waals surface area contributed by atoms with Crippen molar-refractivity contribution >= 4 is 46.0 Å². The first-order valence-corrected chi connectivity index (χ1v) is 11.7. The Balaban J connectivity index is 1.46. The van der Waals surface area contributed by atoms with Crippen molar-refractivity contribution in [2.75, 3.05) is 27.2 Å².